The van der Waals surface area contributed by atoms with E-state index in [2.05, 4.69) is 16.8 Å². The zero-order valence-electron chi connectivity index (χ0n) is 12.8. The van der Waals surface area contributed by atoms with Gasteiger partial charge in [-0.2, -0.15) is 0 Å². The topological polar surface area (TPSA) is 75.4 Å². The highest BCUT2D eigenvalue weighted by Gasteiger charge is 2.48. The van der Waals surface area contributed by atoms with Crippen molar-refractivity contribution in [3.05, 3.63) is 12.7 Å². The van der Waals surface area contributed by atoms with Crippen LogP contribution in [-0.4, -0.2) is 42.9 Å². The number of rotatable bonds is 6. The van der Waals surface area contributed by atoms with Crippen LogP contribution in [0.1, 0.15) is 32.6 Å². The SMILES string of the molecule is C=C[C@@H]1CCC(CCN(C)C)C(NC(C)=O)(C(N)=O)C1. The van der Waals surface area contributed by atoms with E-state index in [9.17, 15) is 9.59 Å². The fourth-order valence-electron chi connectivity index (χ4n) is 3.18. The molecule has 114 valence electrons. The van der Waals surface area contributed by atoms with Crippen molar-refractivity contribution in [2.45, 2.75) is 38.1 Å². The van der Waals surface area contributed by atoms with Crippen molar-refractivity contribution in [3.8, 4) is 0 Å². The van der Waals surface area contributed by atoms with Gasteiger partial charge < -0.3 is 16.0 Å². The Morgan fingerprint density at radius 2 is 2.10 bits per heavy atom. The molecular weight excluding hydrogens is 254 g/mol. The molecular formula is C15H27N3O2. The molecule has 0 aliphatic heterocycles. The van der Waals surface area contributed by atoms with Crippen molar-refractivity contribution >= 4 is 11.8 Å². The van der Waals surface area contributed by atoms with Gasteiger partial charge in [-0.3, -0.25) is 9.59 Å². The van der Waals surface area contributed by atoms with Crippen molar-refractivity contribution < 1.29 is 9.59 Å². The second kappa shape index (κ2) is 6.88. The third-order valence-electron chi connectivity index (χ3n) is 4.26. The summed E-state index contributed by atoms with van der Waals surface area (Å²) < 4.78 is 0. The van der Waals surface area contributed by atoms with Crippen molar-refractivity contribution in [1.29, 1.82) is 0 Å². The van der Waals surface area contributed by atoms with Crippen LogP contribution in [0.2, 0.25) is 0 Å². The molecule has 5 nitrogen and oxygen atoms in total. The van der Waals surface area contributed by atoms with Gasteiger partial charge in [0, 0.05) is 6.92 Å². The second-order valence-electron chi connectivity index (χ2n) is 6.08. The third-order valence-corrected chi connectivity index (χ3v) is 4.26. The van der Waals surface area contributed by atoms with Crippen LogP contribution in [0.4, 0.5) is 0 Å². The second-order valence-corrected chi connectivity index (χ2v) is 6.08. The number of hydrogen-bond acceptors (Lipinski definition) is 3. The van der Waals surface area contributed by atoms with E-state index in [1.165, 1.54) is 6.92 Å². The Kier molecular flexibility index (Phi) is 5.74. The summed E-state index contributed by atoms with van der Waals surface area (Å²) in [6, 6.07) is 0. The lowest BCUT2D eigenvalue weighted by Gasteiger charge is -2.45. The molecule has 1 rings (SSSR count). The number of carbonyl (C=O) groups is 2. The van der Waals surface area contributed by atoms with Crippen molar-refractivity contribution in [1.82, 2.24) is 10.2 Å². The molecule has 1 fully saturated rings. The Hall–Kier alpha value is -1.36. The fraction of sp³-hybridized carbons (Fsp3) is 0.733. The lowest BCUT2D eigenvalue weighted by molar-refractivity contribution is -0.135. The minimum atomic E-state index is -0.932. The van der Waals surface area contributed by atoms with Gasteiger partial charge >= 0.3 is 0 Å². The highest BCUT2D eigenvalue weighted by atomic mass is 16.2. The summed E-state index contributed by atoms with van der Waals surface area (Å²) in [5.41, 5.74) is 4.73. The first kappa shape index (κ1) is 16.7. The molecule has 20 heavy (non-hydrogen) atoms. The predicted molar refractivity (Wildman–Crippen MR) is 79.9 cm³/mol. The standard InChI is InChI=1S/C15H27N3O2/c1-5-12-6-7-13(8-9-18(3)4)15(10-12,14(16)20)17-11(2)19/h5,12-13H,1,6-10H2,2-4H3,(H2,16,20)(H,17,19)/t12-,13?,15?/m1/s1. The molecule has 2 amide bonds. The monoisotopic (exact) mass is 281 g/mol. The van der Waals surface area contributed by atoms with Crippen molar-refractivity contribution in [2.24, 2.45) is 17.6 Å². The van der Waals surface area contributed by atoms with Gasteiger partial charge in [-0.25, -0.2) is 0 Å². The third kappa shape index (κ3) is 3.82. The van der Waals surface area contributed by atoms with E-state index in [1.54, 1.807) is 0 Å². The van der Waals surface area contributed by atoms with Crippen LogP contribution in [-0.2, 0) is 9.59 Å². The predicted octanol–water partition coefficient (Wildman–Crippen LogP) is 0.901. The minimum absolute atomic E-state index is 0.0856. The van der Waals surface area contributed by atoms with E-state index in [0.717, 1.165) is 25.8 Å². The molecule has 1 aliphatic carbocycles. The van der Waals surface area contributed by atoms with Crippen molar-refractivity contribution in [3.63, 3.8) is 0 Å². The Labute approximate surface area is 121 Å². The number of primary amides is 1. The summed E-state index contributed by atoms with van der Waals surface area (Å²) in [5.74, 6) is -0.321. The maximum atomic E-state index is 12.1. The van der Waals surface area contributed by atoms with Crippen molar-refractivity contribution in [2.75, 3.05) is 20.6 Å². The van der Waals surface area contributed by atoms with E-state index in [4.69, 9.17) is 5.73 Å². The number of carbonyl (C=O) groups excluding carboxylic acids is 2. The molecule has 0 aromatic heterocycles. The quantitative estimate of drug-likeness (QED) is 0.710. The van der Waals surface area contributed by atoms with E-state index in [-0.39, 0.29) is 17.7 Å². The van der Waals surface area contributed by atoms with Crippen LogP contribution in [0.5, 0.6) is 0 Å². The average molecular weight is 281 g/mol. The lowest BCUT2D eigenvalue weighted by atomic mass is 9.66. The molecule has 0 bridgehead atoms. The van der Waals surface area contributed by atoms with Crippen LogP contribution >= 0.6 is 0 Å². The summed E-state index contributed by atoms with van der Waals surface area (Å²) in [7, 11) is 4.00. The molecule has 2 unspecified atom stereocenters. The minimum Gasteiger partial charge on any atom is -0.368 e. The molecule has 1 aliphatic rings. The van der Waals surface area contributed by atoms with Gasteiger partial charge in [0.1, 0.15) is 5.54 Å². The fourth-order valence-corrected chi connectivity index (χ4v) is 3.18. The van der Waals surface area contributed by atoms with E-state index in [1.807, 2.05) is 20.2 Å². The van der Waals surface area contributed by atoms with E-state index >= 15 is 0 Å². The Morgan fingerprint density at radius 3 is 2.55 bits per heavy atom. The zero-order valence-corrected chi connectivity index (χ0v) is 12.8. The van der Waals surface area contributed by atoms with E-state index in [0.29, 0.717) is 6.42 Å². The van der Waals surface area contributed by atoms with Gasteiger partial charge in [-0.05, 0) is 58.2 Å². The number of nitrogens with two attached hydrogens (primary N) is 1. The molecule has 5 heteroatoms. The largest absolute Gasteiger partial charge is 0.368 e. The van der Waals surface area contributed by atoms with Gasteiger partial charge in [0.05, 0.1) is 0 Å². The molecule has 0 spiro atoms. The number of hydrogen-bond donors (Lipinski definition) is 2. The first-order chi connectivity index (χ1) is 9.31. The Morgan fingerprint density at radius 1 is 1.45 bits per heavy atom. The first-order valence-corrected chi connectivity index (χ1v) is 7.17. The van der Waals surface area contributed by atoms with Gasteiger partial charge in [-0.15, -0.1) is 6.58 Å². The highest BCUT2D eigenvalue weighted by Crippen LogP contribution is 2.39. The summed E-state index contributed by atoms with van der Waals surface area (Å²) in [4.78, 5) is 25.7. The summed E-state index contributed by atoms with van der Waals surface area (Å²) in [6.07, 6.45) is 5.15. The molecule has 0 radical (unpaired) electrons. The Bertz CT molecular complexity index is 381. The summed E-state index contributed by atoms with van der Waals surface area (Å²) >= 11 is 0. The maximum absolute atomic E-state index is 12.1. The van der Waals surface area contributed by atoms with Gasteiger partial charge in [0.15, 0.2) is 0 Å². The van der Waals surface area contributed by atoms with Gasteiger partial charge in [-0.1, -0.05) is 6.08 Å². The van der Waals surface area contributed by atoms with E-state index < -0.39 is 11.4 Å². The van der Waals surface area contributed by atoms with Gasteiger partial charge in [0.25, 0.3) is 0 Å². The smallest absolute Gasteiger partial charge is 0.243 e. The van der Waals surface area contributed by atoms with Gasteiger partial charge in [0.2, 0.25) is 11.8 Å². The Balaban J connectivity index is 3.00. The number of nitrogens with zero attached hydrogens (tertiary/aromatic N) is 1. The number of nitrogens with one attached hydrogen (secondary N) is 1. The van der Waals surface area contributed by atoms with Crippen LogP contribution in [0.25, 0.3) is 0 Å². The molecule has 3 N–H and O–H groups in total. The summed E-state index contributed by atoms with van der Waals surface area (Å²) in [5, 5.41) is 2.85. The van der Waals surface area contributed by atoms with Crippen LogP contribution in [0.15, 0.2) is 12.7 Å². The zero-order chi connectivity index (χ0) is 15.3. The molecule has 3 atom stereocenters. The normalized spacial score (nSPS) is 30.0. The van der Waals surface area contributed by atoms with Crippen LogP contribution in [0.3, 0.4) is 0 Å². The maximum Gasteiger partial charge on any atom is 0.243 e. The number of amides is 2. The lowest BCUT2D eigenvalue weighted by Crippen LogP contribution is -2.64. The first-order valence-electron chi connectivity index (χ1n) is 7.17. The molecule has 0 aromatic rings. The number of allylic oxidation sites excluding steroid dienone is 1. The highest BCUT2D eigenvalue weighted by molar-refractivity contribution is 5.90. The average Bonchev–Trinajstić information content (AvgIpc) is 2.35. The molecule has 0 aromatic carbocycles. The molecule has 1 saturated carbocycles. The molecule has 0 saturated heterocycles. The molecule has 0 heterocycles. The summed E-state index contributed by atoms with van der Waals surface area (Å²) in [6.45, 7) is 6.12. The van der Waals surface area contributed by atoms with Crippen LogP contribution < -0.4 is 11.1 Å². The van der Waals surface area contributed by atoms with Crippen LogP contribution in [0, 0.1) is 11.8 Å².